The van der Waals surface area contributed by atoms with Crippen molar-refractivity contribution in [1.82, 2.24) is 9.55 Å². The number of para-hydroxylation sites is 1. The Labute approximate surface area is 178 Å². The van der Waals surface area contributed by atoms with E-state index in [-0.39, 0.29) is 17.2 Å². The molecule has 2 heterocycles. The summed E-state index contributed by atoms with van der Waals surface area (Å²) in [5, 5.41) is 4.43. The number of aromatic nitrogens is 2. The normalized spacial score (nSPS) is 13.3. The average molecular weight is 428 g/mol. The van der Waals surface area contributed by atoms with Crippen molar-refractivity contribution in [3.63, 3.8) is 0 Å². The number of carbonyl (C=O) groups is 1. The summed E-state index contributed by atoms with van der Waals surface area (Å²) in [6, 6.07) is 6.07. The summed E-state index contributed by atoms with van der Waals surface area (Å²) < 4.78 is 1.58. The second kappa shape index (κ2) is 7.95. The molecule has 5 nitrogen and oxygen atoms in total. The van der Waals surface area contributed by atoms with Crippen LogP contribution in [0.4, 0.5) is 5.69 Å². The number of amides is 1. The van der Waals surface area contributed by atoms with E-state index < -0.39 is 0 Å². The molecule has 29 heavy (non-hydrogen) atoms. The van der Waals surface area contributed by atoms with Crippen LogP contribution >= 0.6 is 23.1 Å². The molecule has 1 aromatic carbocycles. The number of hydrogen-bond acceptors (Lipinski definition) is 5. The first-order valence-electron chi connectivity index (χ1n) is 9.90. The van der Waals surface area contributed by atoms with Gasteiger partial charge in [-0.15, -0.1) is 11.3 Å². The summed E-state index contributed by atoms with van der Waals surface area (Å²) in [6.07, 6.45) is 3.13. The minimum Gasteiger partial charge on any atom is -0.325 e. The van der Waals surface area contributed by atoms with Crippen molar-refractivity contribution in [2.45, 2.75) is 51.1 Å². The molecule has 0 bridgehead atoms. The quantitative estimate of drug-likeness (QED) is 0.476. The number of benzene rings is 1. The molecule has 0 aliphatic heterocycles. The number of nitrogens with one attached hydrogen (secondary N) is 1. The average Bonchev–Trinajstić information content (AvgIpc) is 3.25. The lowest BCUT2D eigenvalue weighted by molar-refractivity contribution is -0.113. The van der Waals surface area contributed by atoms with Gasteiger partial charge in [0.15, 0.2) is 5.16 Å². The van der Waals surface area contributed by atoms with Crippen LogP contribution in [0.1, 0.15) is 47.8 Å². The number of carbonyl (C=O) groups excluding carboxylic acids is 1. The van der Waals surface area contributed by atoms with E-state index >= 15 is 0 Å². The van der Waals surface area contributed by atoms with E-state index in [9.17, 15) is 9.59 Å². The highest BCUT2D eigenvalue weighted by atomic mass is 32.2. The number of hydrogen-bond donors (Lipinski definition) is 1. The van der Waals surface area contributed by atoms with Crippen LogP contribution in [0.2, 0.25) is 0 Å². The standard InChI is InChI=1S/C22H25N3O2S2/c1-12(2)14-8-5-7-13(3)19(14)23-17(26)11-28-22-24-20-18(21(27)25(22)4)15-9-6-10-16(15)29-20/h5,7-8,12H,6,9-11H2,1-4H3,(H,23,26). The number of thioether (sulfide) groups is 1. The molecule has 2 aromatic heterocycles. The lowest BCUT2D eigenvalue weighted by Gasteiger charge is -2.16. The molecule has 4 rings (SSSR count). The maximum absolute atomic E-state index is 12.9. The SMILES string of the molecule is Cc1cccc(C(C)C)c1NC(=O)CSc1nc2sc3c(c2c(=O)n1C)CCC3. The van der Waals surface area contributed by atoms with E-state index in [1.54, 1.807) is 23.0 Å². The molecule has 1 aliphatic rings. The molecule has 152 valence electrons. The summed E-state index contributed by atoms with van der Waals surface area (Å²) >= 11 is 2.94. The van der Waals surface area contributed by atoms with Gasteiger partial charge in [-0.2, -0.15) is 0 Å². The number of nitrogens with zero attached hydrogens (tertiary/aromatic N) is 2. The van der Waals surface area contributed by atoms with Gasteiger partial charge < -0.3 is 5.32 Å². The fraction of sp³-hybridized carbons (Fsp3) is 0.409. The number of aryl methyl sites for hydroxylation is 3. The van der Waals surface area contributed by atoms with Crippen molar-refractivity contribution in [2.24, 2.45) is 7.05 Å². The largest absolute Gasteiger partial charge is 0.325 e. The summed E-state index contributed by atoms with van der Waals surface area (Å²) in [7, 11) is 1.74. The minimum absolute atomic E-state index is 0.00157. The fourth-order valence-corrected chi connectivity index (χ4v) is 5.96. The van der Waals surface area contributed by atoms with Gasteiger partial charge in [0.05, 0.1) is 11.1 Å². The third-order valence-electron chi connectivity index (χ3n) is 5.43. The van der Waals surface area contributed by atoms with E-state index in [1.165, 1.54) is 22.2 Å². The van der Waals surface area contributed by atoms with E-state index in [4.69, 9.17) is 4.98 Å². The van der Waals surface area contributed by atoms with Gasteiger partial charge in [-0.1, -0.05) is 43.8 Å². The van der Waals surface area contributed by atoms with Crippen molar-refractivity contribution in [1.29, 1.82) is 0 Å². The number of thiophene rings is 1. The third-order valence-corrected chi connectivity index (χ3v) is 7.64. The van der Waals surface area contributed by atoms with Crippen molar-refractivity contribution >= 4 is 44.9 Å². The Hall–Kier alpha value is -2.12. The monoisotopic (exact) mass is 427 g/mol. The van der Waals surface area contributed by atoms with Gasteiger partial charge in [0, 0.05) is 17.6 Å². The zero-order valence-corrected chi connectivity index (χ0v) is 18.8. The predicted molar refractivity (Wildman–Crippen MR) is 122 cm³/mol. The number of rotatable bonds is 5. The summed E-state index contributed by atoms with van der Waals surface area (Å²) in [5.41, 5.74) is 4.25. The summed E-state index contributed by atoms with van der Waals surface area (Å²) in [4.78, 5) is 32.3. The molecule has 0 spiro atoms. The van der Waals surface area contributed by atoms with E-state index in [2.05, 4.69) is 25.2 Å². The Kier molecular flexibility index (Phi) is 5.53. The fourth-order valence-electron chi connectivity index (χ4n) is 3.88. The van der Waals surface area contributed by atoms with Crippen LogP contribution in [0.15, 0.2) is 28.2 Å². The summed E-state index contributed by atoms with van der Waals surface area (Å²) in [6.45, 7) is 6.24. The van der Waals surface area contributed by atoms with E-state index in [0.29, 0.717) is 11.1 Å². The van der Waals surface area contributed by atoms with Crippen LogP contribution in [0.25, 0.3) is 10.2 Å². The van der Waals surface area contributed by atoms with E-state index in [0.717, 1.165) is 46.3 Å². The molecule has 0 fully saturated rings. The highest BCUT2D eigenvalue weighted by Gasteiger charge is 2.22. The van der Waals surface area contributed by atoms with Crippen LogP contribution in [0.5, 0.6) is 0 Å². The molecule has 0 atom stereocenters. The van der Waals surface area contributed by atoms with Crippen molar-refractivity contribution in [3.05, 3.63) is 50.1 Å². The first-order valence-corrected chi connectivity index (χ1v) is 11.7. The van der Waals surface area contributed by atoms with Crippen LogP contribution in [-0.4, -0.2) is 21.2 Å². The highest BCUT2D eigenvalue weighted by Crippen LogP contribution is 2.35. The van der Waals surface area contributed by atoms with Gasteiger partial charge in [0.1, 0.15) is 4.83 Å². The van der Waals surface area contributed by atoms with Crippen LogP contribution in [0, 0.1) is 6.92 Å². The maximum Gasteiger partial charge on any atom is 0.262 e. The molecule has 1 aliphatic carbocycles. The number of anilines is 1. The minimum atomic E-state index is -0.0887. The van der Waals surface area contributed by atoms with Gasteiger partial charge >= 0.3 is 0 Å². The maximum atomic E-state index is 12.9. The predicted octanol–water partition coefficient (Wildman–Crippen LogP) is 4.65. The Morgan fingerprint density at radius 3 is 2.90 bits per heavy atom. The molecule has 0 saturated carbocycles. The zero-order chi connectivity index (χ0) is 20.7. The topological polar surface area (TPSA) is 64.0 Å². The van der Waals surface area contributed by atoms with E-state index in [1.807, 2.05) is 19.1 Å². The van der Waals surface area contributed by atoms with Gasteiger partial charge in [-0.25, -0.2) is 4.98 Å². The third kappa shape index (κ3) is 3.73. The second-order valence-electron chi connectivity index (χ2n) is 7.83. The first kappa shape index (κ1) is 20.2. The van der Waals surface area contributed by atoms with Crippen molar-refractivity contribution in [2.75, 3.05) is 11.1 Å². The van der Waals surface area contributed by atoms with Gasteiger partial charge in [0.25, 0.3) is 5.56 Å². The summed E-state index contributed by atoms with van der Waals surface area (Å²) in [5.74, 6) is 0.445. The van der Waals surface area contributed by atoms with Crippen molar-refractivity contribution in [3.8, 4) is 0 Å². The molecular formula is C22H25N3O2S2. The smallest absolute Gasteiger partial charge is 0.262 e. The van der Waals surface area contributed by atoms with Gasteiger partial charge in [0.2, 0.25) is 5.91 Å². The Balaban J connectivity index is 1.54. The lowest BCUT2D eigenvalue weighted by atomic mass is 9.98. The van der Waals surface area contributed by atoms with Crippen molar-refractivity contribution < 1.29 is 4.79 Å². The molecular weight excluding hydrogens is 402 g/mol. The van der Waals surface area contributed by atoms with Crippen LogP contribution in [0.3, 0.4) is 0 Å². The van der Waals surface area contributed by atoms with Crippen LogP contribution in [-0.2, 0) is 24.7 Å². The van der Waals surface area contributed by atoms with Gasteiger partial charge in [-0.3, -0.25) is 14.2 Å². The highest BCUT2D eigenvalue weighted by molar-refractivity contribution is 7.99. The zero-order valence-electron chi connectivity index (χ0n) is 17.2. The first-order chi connectivity index (χ1) is 13.9. The molecule has 1 N–H and O–H groups in total. The number of fused-ring (bicyclic) bond motifs is 3. The van der Waals surface area contributed by atoms with Gasteiger partial charge in [-0.05, 0) is 48.8 Å². The molecule has 0 unspecified atom stereocenters. The molecule has 3 aromatic rings. The molecule has 0 saturated heterocycles. The lowest BCUT2D eigenvalue weighted by Crippen LogP contribution is -2.22. The Morgan fingerprint density at radius 2 is 2.14 bits per heavy atom. The van der Waals surface area contributed by atoms with Crippen LogP contribution < -0.4 is 10.9 Å². The molecule has 1 amide bonds. The Morgan fingerprint density at radius 1 is 1.34 bits per heavy atom. The Bertz CT molecular complexity index is 1160. The second-order valence-corrected chi connectivity index (χ2v) is 9.85. The molecule has 0 radical (unpaired) electrons. The molecule has 7 heteroatoms.